The molecule has 0 bridgehead atoms. The quantitative estimate of drug-likeness (QED) is 0.0131. The van der Waals surface area contributed by atoms with Crippen LogP contribution in [-0.2, 0) is 102 Å². The Morgan fingerprint density at radius 2 is 0.362 bits per heavy atom. The first kappa shape index (κ1) is 101. The summed E-state index contributed by atoms with van der Waals surface area (Å²) in [6, 6.07) is 29.9. The normalized spacial score (nSPS) is 13.6. The van der Waals surface area contributed by atoms with Crippen LogP contribution in [0.3, 0.4) is 0 Å². The first-order valence-electron chi connectivity index (χ1n) is 39.6. The Labute approximate surface area is 649 Å². The molecule has 0 amide bonds. The molecule has 600 valence electrons. The molecule has 0 spiro atoms. The summed E-state index contributed by atoms with van der Waals surface area (Å²) in [5.74, 6) is 2.56. The second-order valence-corrected chi connectivity index (χ2v) is 26.7. The van der Waals surface area contributed by atoms with Gasteiger partial charge in [0, 0.05) is 75.1 Å². The number of para-hydroxylation sites is 4. The molecule has 4 aromatic rings. The van der Waals surface area contributed by atoms with Gasteiger partial charge in [-0.2, -0.15) is 0 Å². The second-order valence-electron chi connectivity index (χ2n) is 26.7. The molecule has 0 saturated carbocycles. The predicted molar refractivity (Wildman–Crippen MR) is 403 cm³/mol. The van der Waals surface area contributed by atoms with E-state index in [2.05, 4.69) is 83.1 Å². The Morgan fingerprint density at radius 3 is 0.495 bits per heavy atom. The van der Waals surface area contributed by atoms with E-state index in [0.717, 1.165) is 154 Å². The van der Waals surface area contributed by atoms with Gasteiger partial charge in [-0.15, -0.1) is 0 Å². The fourth-order valence-corrected chi connectivity index (χ4v) is 10.3. The number of rotatable bonds is 60. The Balaban J connectivity index is 0.00000137. The van der Waals surface area contributed by atoms with E-state index in [1.165, 1.54) is 0 Å². The second kappa shape index (κ2) is 63.9. The van der Waals surface area contributed by atoms with Crippen LogP contribution in [-0.4, -0.2) is 104 Å². The van der Waals surface area contributed by atoms with E-state index in [1.54, 1.807) is 27.7 Å². The Morgan fingerprint density at radius 1 is 0.229 bits per heavy atom. The summed E-state index contributed by atoms with van der Waals surface area (Å²) in [5, 5.41) is 47.3. The zero-order valence-electron chi connectivity index (χ0n) is 67.7. The van der Waals surface area contributed by atoms with Gasteiger partial charge >= 0.3 is 21.7 Å². The van der Waals surface area contributed by atoms with Gasteiger partial charge < -0.3 is 97.4 Å². The molecule has 0 aliphatic rings. The molecule has 0 radical (unpaired) electrons. The van der Waals surface area contributed by atoms with Gasteiger partial charge in [-0.25, -0.2) is 0 Å². The largest absolute Gasteiger partial charge is 4.00 e. The minimum absolute atomic E-state index is 0. The molecule has 21 heteroatoms. The minimum Gasteiger partial charge on any atom is -0.722 e. The number of hydrogen-bond acceptors (Lipinski definition) is 20. The van der Waals surface area contributed by atoms with E-state index in [1.807, 2.05) is 97.1 Å². The summed E-state index contributed by atoms with van der Waals surface area (Å²) < 4.78 is 70.9. The van der Waals surface area contributed by atoms with Crippen LogP contribution in [0.4, 0.5) is 0 Å². The molecule has 0 aliphatic carbocycles. The van der Waals surface area contributed by atoms with Gasteiger partial charge in [0.15, 0.2) is 25.2 Å². The van der Waals surface area contributed by atoms with Gasteiger partial charge in [-0.3, -0.25) is 0 Å². The Hall–Kier alpha value is -3.85. The van der Waals surface area contributed by atoms with E-state index in [0.29, 0.717) is 125 Å². The van der Waals surface area contributed by atoms with Crippen molar-refractivity contribution in [2.24, 2.45) is 0 Å². The molecular formula is C84H140O20Ti. The molecule has 20 nitrogen and oxygen atoms in total. The maximum absolute atomic E-state index is 11.8. The summed E-state index contributed by atoms with van der Waals surface area (Å²) in [4.78, 5) is 18.9. The van der Waals surface area contributed by atoms with Crippen LogP contribution in [0.5, 0.6) is 23.0 Å². The van der Waals surface area contributed by atoms with Gasteiger partial charge in [-0.1, -0.05) is 233 Å². The predicted octanol–water partition coefficient (Wildman–Crippen LogP) is 17.3. The standard InChI is InChI=1S/4C21H36O5.Ti/c4*1-5-8-15-23-19-14-12-11-13-18(19)21(4,26-22)20(24-16-9-6-2)25-17-10-7-3;/h4*11-14,20,22H,5-10,15-17H2,1-4H3;/q;;;;+4/p-4. The van der Waals surface area contributed by atoms with E-state index in [4.69, 9.17) is 76.4 Å². The van der Waals surface area contributed by atoms with Crippen molar-refractivity contribution in [3.63, 3.8) is 0 Å². The molecule has 0 aliphatic heterocycles. The summed E-state index contributed by atoms with van der Waals surface area (Å²) in [6.45, 7) is 38.6. The third-order valence-corrected chi connectivity index (χ3v) is 17.3. The van der Waals surface area contributed by atoms with E-state index in [9.17, 15) is 21.0 Å². The van der Waals surface area contributed by atoms with Crippen molar-refractivity contribution in [1.82, 2.24) is 0 Å². The zero-order chi connectivity index (χ0) is 77.0. The van der Waals surface area contributed by atoms with Gasteiger partial charge in [0.25, 0.3) is 0 Å². The van der Waals surface area contributed by atoms with Crippen LogP contribution in [0.2, 0.25) is 0 Å². The fraction of sp³-hybridized carbons (Fsp3) is 0.714. The molecule has 105 heavy (non-hydrogen) atoms. The van der Waals surface area contributed by atoms with Crippen molar-refractivity contribution in [3.8, 4) is 23.0 Å². The molecule has 0 saturated heterocycles. The van der Waals surface area contributed by atoms with E-state index >= 15 is 0 Å². The van der Waals surface area contributed by atoms with Gasteiger partial charge in [0.2, 0.25) is 0 Å². The van der Waals surface area contributed by atoms with Crippen LogP contribution >= 0.6 is 0 Å². The molecular weight excluding hydrogens is 1380 g/mol. The minimum atomic E-state index is -1.29. The van der Waals surface area contributed by atoms with E-state index < -0.39 is 47.6 Å². The van der Waals surface area contributed by atoms with Crippen LogP contribution in [0.15, 0.2) is 97.1 Å². The Kier molecular flexibility index (Phi) is 61.5. The van der Waals surface area contributed by atoms with Crippen molar-refractivity contribution in [2.45, 2.75) is 312 Å². The molecule has 0 aromatic heterocycles. The summed E-state index contributed by atoms with van der Waals surface area (Å²) in [5.41, 5.74) is -2.52. The van der Waals surface area contributed by atoms with Gasteiger partial charge in [0.05, 0.1) is 26.4 Å². The molecule has 4 rings (SSSR count). The summed E-state index contributed by atoms with van der Waals surface area (Å²) in [7, 11) is 0. The molecule has 4 atom stereocenters. The third kappa shape index (κ3) is 37.6. The first-order valence-corrected chi connectivity index (χ1v) is 39.6. The van der Waals surface area contributed by atoms with Gasteiger partial charge in [0.1, 0.15) is 45.4 Å². The fourth-order valence-electron chi connectivity index (χ4n) is 10.3. The van der Waals surface area contributed by atoms with Crippen molar-refractivity contribution in [3.05, 3.63) is 119 Å². The van der Waals surface area contributed by atoms with Crippen LogP contribution in [0.25, 0.3) is 0 Å². The Bertz CT molecular complexity index is 2240. The number of unbranched alkanes of at least 4 members (excludes halogenated alkanes) is 12. The molecule has 0 fully saturated rings. The number of hydrogen-bond donors (Lipinski definition) is 0. The molecule has 4 unspecified atom stereocenters. The zero-order valence-corrected chi connectivity index (χ0v) is 69.2. The molecule has 4 aromatic carbocycles. The SMILES string of the molecule is CCCCOc1ccccc1C(C)(O[O-])C(OCCCC)OCCCC.CCCCOc1ccccc1C(C)(O[O-])C(OCCCC)OCCCC.CCCCOc1ccccc1C(C)(O[O-])C(OCCCC)OCCCC.CCCCOc1ccccc1C(C)(O[O-])C(OCCCC)OCCCC.[Ti+4]. The van der Waals surface area contributed by atoms with Crippen molar-refractivity contribution in [2.75, 3.05) is 79.3 Å². The summed E-state index contributed by atoms with van der Waals surface area (Å²) in [6.07, 6.45) is 20.1. The monoisotopic (exact) mass is 1520 g/mol. The van der Waals surface area contributed by atoms with Crippen molar-refractivity contribution >= 4 is 0 Å². The topological polar surface area (TPSA) is 240 Å². The third-order valence-electron chi connectivity index (χ3n) is 17.3. The maximum Gasteiger partial charge on any atom is 4.00 e. The van der Waals surface area contributed by atoms with E-state index in [-0.39, 0.29) is 21.7 Å². The van der Waals surface area contributed by atoms with Crippen molar-refractivity contribution in [1.29, 1.82) is 0 Å². The smallest absolute Gasteiger partial charge is 0.722 e. The van der Waals surface area contributed by atoms with Crippen molar-refractivity contribution < 1.29 is 119 Å². The summed E-state index contributed by atoms with van der Waals surface area (Å²) >= 11 is 0. The van der Waals surface area contributed by atoms with Crippen LogP contribution < -0.4 is 40.0 Å². The average Bonchev–Trinajstić information content (AvgIpc) is 0.816. The first-order chi connectivity index (χ1) is 50.5. The average molecular weight is 1520 g/mol. The number of ether oxygens (including phenoxy) is 12. The maximum atomic E-state index is 11.8. The number of benzene rings is 4. The molecule has 0 N–H and O–H groups in total. The van der Waals surface area contributed by atoms with Crippen LogP contribution in [0.1, 0.15) is 287 Å². The molecule has 0 heterocycles. The van der Waals surface area contributed by atoms with Crippen LogP contribution in [0, 0.1) is 0 Å². The van der Waals surface area contributed by atoms with Gasteiger partial charge in [-0.05, 0) is 129 Å².